The number of nitrogens with zero attached hydrogens (tertiary/aromatic N) is 3. The number of para-hydroxylation sites is 1. The number of amides is 1. The number of benzene rings is 1. The summed E-state index contributed by atoms with van der Waals surface area (Å²) in [4.78, 5) is 34.0. The van der Waals surface area contributed by atoms with Crippen LogP contribution in [-0.2, 0) is 17.8 Å². The minimum absolute atomic E-state index is 0.0453. The zero-order chi connectivity index (χ0) is 20.3. The number of hydrogen-bond donors (Lipinski definition) is 0. The molecule has 0 radical (unpaired) electrons. The number of thioether (sulfide) groups is 1. The van der Waals surface area contributed by atoms with Crippen molar-refractivity contribution in [2.75, 3.05) is 11.9 Å². The molecule has 0 N–H and O–H groups in total. The van der Waals surface area contributed by atoms with Gasteiger partial charge in [0.2, 0.25) is 5.91 Å². The lowest BCUT2D eigenvalue weighted by Gasteiger charge is -2.21. The van der Waals surface area contributed by atoms with E-state index in [1.54, 1.807) is 22.6 Å². The Morgan fingerprint density at radius 2 is 2.11 bits per heavy atom. The molecule has 0 saturated carbocycles. The second-order valence-corrected chi connectivity index (χ2v) is 8.80. The summed E-state index contributed by atoms with van der Waals surface area (Å²) in [7, 11) is 1.76. The van der Waals surface area contributed by atoms with Gasteiger partial charge in [0.25, 0.3) is 5.56 Å². The summed E-state index contributed by atoms with van der Waals surface area (Å²) < 4.78 is 1.60. The fourth-order valence-electron chi connectivity index (χ4n) is 2.86. The molecule has 0 unspecified atom stereocenters. The standard InChI is InChI=1S/C21H23N3O2S2/c1-5-12-24-20(26)17-13-16(6-2)28-18(17)22-21(24)27-14(3)19(25)23(4)15-10-8-7-9-11-15/h5,7-11,13-14H,1,6,12H2,2-4H3/t14-/m1/s1. The molecule has 2 aromatic heterocycles. The molecule has 3 rings (SSSR count). The van der Waals surface area contributed by atoms with Gasteiger partial charge in [-0.05, 0) is 31.5 Å². The molecule has 146 valence electrons. The van der Waals surface area contributed by atoms with E-state index in [0.717, 1.165) is 21.8 Å². The fraction of sp³-hybridized carbons (Fsp3) is 0.286. The molecular weight excluding hydrogens is 390 g/mol. The second-order valence-electron chi connectivity index (χ2n) is 6.38. The van der Waals surface area contributed by atoms with Crippen molar-refractivity contribution in [1.29, 1.82) is 0 Å². The largest absolute Gasteiger partial charge is 0.315 e. The van der Waals surface area contributed by atoms with Crippen LogP contribution in [0, 0.1) is 0 Å². The van der Waals surface area contributed by atoms with Gasteiger partial charge in [0.15, 0.2) is 5.16 Å². The minimum Gasteiger partial charge on any atom is -0.315 e. The number of rotatable bonds is 7. The summed E-state index contributed by atoms with van der Waals surface area (Å²) in [6.07, 6.45) is 2.54. The molecule has 0 aliphatic rings. The Morgan fingerprint density at radius 3 is 2.75 bits per heavy atom. The molecule has 0 aliphatic carbocycles. The van der Waals surface area contributed by atoms with E-state index < -0.39 is 5.25 Å². The lowest BCUT2D eigenvalue weighted by Crippen LogP contribution is -2.34. The molecule has 1 atom stereocenters. The number of carbonyl (C=O) groups is 1. The number of aryl methyl sites for hydroxylation is 1. The SMILES string of the molecule is C=CCn1c(S[C@H](C)C(=O)N(C)c2ccccc2)nc2sc(CC)cc2c1=O. The number of fused-ring (bicyclic) bond motifs is 1. The molecule has 3 aromatic rings. The van der Waals surface area contributed by atoms with Crippen LogP contribution in [0.5, 0.6) is 0 Å². The number of allylic oxidation sites excluding steroid dienone is 1. The van der Waals surface area contributed by atoms with Crippen LogP contribution in [-0.4, -0.2) is 27.8 Å². The van der Waals surface area contributed by atoms with Crippen LogP contribution in [0.3, 0.4) is 0 Å². The summed E-state index contributed by atoms with van der Waals surface area (Å²) in [5.74, 6) is -0.0453. The average Bonchev–Trinajstić information content (AvgIpc) is 3.14. The summed E-state index contributed by atoms with van der Waals surface area (Å²) in [6, 6.07) is 11.4. The van der Waals surface area contributed by atoms with Crippen molar-refractivity contribution in [3.63, 3.8) is 0 Å². The summed E-state index contributed by atoms with van der Waals surface area (Å²) in [5, 5.41) is 0.786. The van der Waals surface area contributed by atoms with Crippen molar-refractivity contribution in [2.45, 2.75) is 37.2 Å². The van der Waals surface area contributed by atoms with Gasteiger partial charge in [0, 0.05) is 24.2 Å². The van der Waals surface area contributed by atoms with Gasteiger partial charge in [-0.15, -0.1) is 17.9 Å². The minimum atomic E-state index is -0.392. The molecule has 5 nitrogen and oxygen atoms in total. The third kappa shape index (κ3) is 4.05. The number of hydrogen-bond acceptors (Lipinski definition) is 5. The molecule has 2 heterocycles. The molecule has 0 saturated heterocycles. The molecule has 1 amide bonds. The highest BCUT2D eigenvalue weighted by molar-refractivity contribution is 8.00. The average molecular weight is 414 g/mol. The molecule has 0 aliphatic heterocycles. The summed E-state index contributed by atoms with van der Waals surface area (Å²) in [6.45, 7) is 8.01. The Labute approximate surface area is 172 Å². The van der Waals surface area contributed by atoms with Crippen LogP contribution in [0.1, 0.15) is 18.7 Å². The highest BCUT2D eigenvalue weighted by atomic mass is 32.2. The van der Waals surface area contributed by atoms with Gasteiger partial charge in [-0.2, -0.15) is 0 Å². The Morgan fingerprint density at radius 1 is 1.39 bits per heavy atom. The first-order chi connectivity index (χ1) is 13.5. The van der Waals surface area contributed by atoms with Crippen molar-refractivity contribution >= 4 is 44.9 Å². The highest BCUT2D eigenvalue weighted by Gasteiger charge is 2.23. The van der Waals surface area contributed by atoms with Gasteiger partial charge in [-0.25, -0.2) is 4.98 Å². The van der Waals surface area contributed by atoms with E-state index in [4.69, 9.17) is 4.98 Å². The first kappa shape index (κ1) is 20.4. The monoisotopic (exact) mass is 413 g/mol. The van der Waals surface area contributed by atoms with Gasteiger partial charge in [-0.3, -0.25) is 14.2 Å². The number of carbonyl (C=O) groups excluding carboxylic acids is 1. The van der Waals surface area contributed by atoms with Crippen molar-refractivity contribution in [2.24, 2.45) is 0 Å². The Kier molecular flexibility index (Phi) is 6.36. The fourth-order valence-corrected chi connectivity index (χ4v) is 4.88. The van der Waals surface area contributed by atoms with Gasteiger partial charge >= 0.3 is 0 Å². The summed E-state index contributed by atoms with van der Waals surface area (Å²) in [5.41, 5.74) is 0.747. The Bertz CT molecular complexity index is 1060. The molecule has 0 spiro atoms. The molecule has 1 aromatic carbocycles. The normalized spacial score (nSPS) is 12.1. The van der Waals surface area contributed by atoms with E-state index in [0.29, 0.717) is 17.1 Å². The third-order valence-electron chi connectivity index (χ3n) is 4.43. The van der Waals surface area contributed by atoms with Crippen molar-refractivity contribution in [3.05, 3.63) is 64.3 Å². The van der Waals surface area contributed by atoms with Crippen molar-refractivity contribution < 1.29 is 4.79 Å². The number of thiophene rings is 1. The third-order valence-corrected chi connectivity index (χ3v) is 6.68. The maximum Gasteiger partial charge on any atom is 0.263 e. The van der Waals surface area contributed by atoms with Crippen LogP contribution in [0.25, 0.3) is 10.2 Å². The van der Waals surface area contributed by atoms with E-state index in [1.165, 1.54) is 23.1 Å². The highest BCUT2D eigenvalue weighted by Crippen LogP contribution is 2.28. The van der Waals surface area contributed by atoms with Crippen LogP contribution in [0.2, 0.25) is 0 Å². The van der Waals surface area contributed by atoms with Crippen LogP contribution < -0.4 is 10.5 Å². The smallest absolute Gasteiger partial charge is 0.263 e. The quantitative estimate of drug-likeness (QED) is 0.328. The van der Waals surface area contributed by atoms with Gasteiger partial charge in [0.1, 0.15) is 4.83 Å². The number of aromatic nitrogens is 2. The van der Waals surface area contributed by atoms with Crippen LogP contribution >= 0.6 is 23.1 Å². The molecule has 28 heavy (non-hydrogen) atoms. The zero-order valence-electron chi connectivity index (χ0n) is 16.2. The zero-order valence-corrected chi connectivity index (χ0v) is 17.8. The molecule has 7 heteroatoms. The van der Waals surface area contributed by atoms with E-state index in [1.807, 2.05) is 43.3 Å². The predicted molar refractivity (Wildman–Crippen MR) is 119 cm³/mol. The van der Waals surface area contributed by atoms with Gasteiger partial charge in [-0.1, -0.05) is 43.0 Å². The van der Waals surface area contributed by atoms with Gasteiger partial charge in [0.05, 0.1) is 10.6 Å². The van der Waals surface area contributed by atoms with E-state index in [-0.39, 0.29) is 11.5 Å². The predicted octanol–water partition coefficient (Wildman–Crippen LogP) is 4.35. The van der Waals surface area contributed by atoms with Crippen molar-refractivity contribution in [3.8, 4) is 0 Å². The molecule has 0 bridgehead atoms. The molecular formula is C21H23N3O2S2. The maximum absolute atomic E-state index is 12.9. The van der Waals surface area contributed by atoms with Crippen molar-refractivity contribution in [1.82, 2.24) is 9.55 Å². The lowest BCUT2D eigenvalue weighted by atomic mass is 10.3. The first-order valence-corrected chi connectivity index (χ1v) is 10.8. The van der Waals surface area contributed by atoms with E-state index in [2.05, 4.69) is 13.5 Å². The molecule has 0 fully saturated rings. The van der Waals surface area contributed by atoms with E-state index in [9.17, 15) is 9.59 Å². The lowest BCUT2D eigenvalue weighted by molar-refractivity contribution is -0.117. The van der Waals surface area contributed by atoms with E-state index >= 15 is 0 Å². The number of anilines is 1. The first-order valence-electron chi connectivity index (χ1n) is 9.09. The Hall–Kier alpha value is -2.38. The van der Waals surface area contributed by atoms with Gasteiger partial charge < -0.3 is 4.90 Å². The summed E-state index contributed by atoms with van der Waals surface area (Å²) >= 11 is 2.84. The van der Waals surface area contributed by atoms with Crippen LogP contribution in [0.4, 0.5) is 5.69 Å². The van der Waals surface area contributed by atoms with Crippen LogP contribution in [0.15, 0.2) is 59.0 Å². The maximum atomic E-state index is 12.9. The second kappa shape index (κ2) is 8.75. The topological polar surface area (TPSA) is 55.2 Å². The Balaban J connectivity index is 1.93.